The summed E-state index contributed by atoms with van der Waals surface area (Å²) >= 11 is 0. The van der Waals surface area contributed by atoms with Crippen molar-refractivity contribution >= 4 is 38.9 Å². The van der Waals surface area contributed by atoms with Gasteiger partial charge in [0.05, 0.1) is 22.9 Å². The van der Waals surface area contributed by atoms with Gasteiger partial charge in [0.25, 0.3) is 15.9 Å². The zero-order chi connectivity index (χ0) is 24.1. The molecule has 3 aromatic carbocycles. The van der Waals surface area contributed by atoms with Gasteiger partial charge in [-0.1, -0.05) is 18.2 Å². The van der Waals surface area contributed by atoms with E-state index in [2.05, 4.69) is 10.0 Å². The second-order valence-electron chi connectivity index (χ2n) is 7.71. The monoisotopic (exact) mass is 479 g/mol. The molecule has 0 atom stereocenters. The molecule has 9 heteroatoms. The van der Waals surface area contributed by atoms with E-state index in [9.17, 15) is 18.0 Å². The van der Waals surface area contributed by atoms with Gasteiger partial charge < -0.3 is 15.0 Å². The molecule has 1 aliphatic heterocycles. The van der Waals surface area contributed by atoms with E-state index >= 15 is 0 Å². The van der Waals surface area contributed by atoms with Crippen LogP contribution in [0.3, 0.4) is 0 Å². The van der Waals surface area contributed by atoms with Crippen molar-refractivity contribution in [2.45, 2.75) is 24.7 Å². The molecule has 0 radical (unpaired) electrons. The lowest BCUT2D eigenvalue weighted by molar-refractivity contribution is -0.117. The molecule has 176 valence electrons. The number of carbonyl (C=O) groups excluding carboxylic acids is 2. The quantitative estimate of drug-likeness (QED) is 0.502. The van der Waals surface area contributed by atoms with Crippen LogP contribution in [-0.4, -0.2) is 33.4 Å². The van der Waals surface area contributed by atoms with Crippen molar-refractivity contribution in [3.05, 3.63) is 78.4 Å². The summed E-state index contributed by atoms with van der Waals surface area (Å²) in [6.45, 7) is 2.97. The molecule has 2 N–H and O–H groups in total. The predicted octanol–water partition coefficient (Wildman–Crippen LogP) is 4.27. The molecular formula is C25H25N3O5S. The maximum atomic E-state index is 13.0. The number of sulfonamides is 1. The lowest BCUT2D eigenvalue weighted by Crippen LogP contribution is -2.25. The number of nitrogens with one attached hydrogen (secondary N) is 2. The van der Waals surface area contributed by atoms with Crippen LogP contribution in [0.4, 0.5) is 17.1 Å². The molecule has 0 saturated carbocycles. The van der Waals surface area contributed by atoms with E-state index in [1.54, 1.807) is 53.4 Å². The molecule has 1 fully saturated rings. The van der Waals surface area contributed by atoms with Crippen LogP contribution in [0.5, 0.6) is 5.75 Å². The van der Waals surface area contributed by atoms with Gasteiger partial charge in [0.15, 0.2) is 0 Å². The Morgan fingerprint density at radius 2 is 1.79 bits per heavy atom. The highest BCUT2D eigenvalue weighted by atomic mass is 32.2. The lowest BCUT2D eigenvalue weighted by Gasteiger charge is -2.20. The van der Waals surface area contributed by atoms with Gasteiger partial charge in [-0.2, -0.15) is 0 Å². The van der Waals surface area contributed by atoms with Gasteiger partial charge in [0.1, 0.15) is 5.75 Å². The summed E-state index contributed by atoms with van der Waals surface area (Å²) in [6, 6.07) is 19.4. The number of ether oxygens (including phenoxy) is 1. The average molecular weight is 480 g/mol. The summed E-state index contributed by atoms with van der Waals surface area (Å²) in [7, 11) is -3.92. The van der Waals surface area contributed by atoms with Crippen molar-refractivity contribution in [1.82, 2.24) is 0 Å². The second-order valence-corrected chi connectivity index (χ2v) is 9.39. The normalized spacial score (nSPS) is 13.6. The van der Waals surface area contributed by atoms with Crippen molar-refractivity contribution in [3.8, 4) is 5.75 Å². The number of hydrogen-bond donors (Lipinski definition) is 2. The Bertz CT molecular complexity index is 1310. The van der Waals surface area contributed by atoms with Crippen LogP contribution in [0.25, 0.3) is 0 Å². The molecule has 0 aromatic heterocycles. The predicted molar refractivity (Wildman–Crippen MR) is 131 cm³/mol. The van der Waals surface area contributed by atoms with Crippen LogP contribution in [0.15, 0.2) is 77.7 Å². The fraction of sp³-hybridized carbons (Fsp3) is 0.200. The van der Waals surface area contributed by atoms with Crippen LogP contribution >= 0.6 is 0 Å². The first-order valence-electron chi connectivity index (χ1n) is 10.9. The number of rotatable bonds is 8. The Hall–Kier alpha value is -3.85. The first-order chi connectivity index (χ1) is 16.4. The van der Waals surface area contributed by atoms with E-state index < -0.39 is 15.9 Å². The van der Waals surface area contributed by atoms with E-state index in [-0.39, 0.29) is 16.4 Å². The third-order valence-electron chi connectivity index (χ3n) is 5.34. The molecule has 0 unspecified atom stereocenters. The summed E-state index contributed by atoms with van der Waals surface area (Å²) in [6.07, 6.45) is 1.24. The number of carbonyl (C=O) groups is 2. The fourth-order valence-electron chi connectivity index (χ4n) is 3.72. The number of anilines is 3. The molecule has 1 aliphatic rings. The third kappa shape index (κ3) is 5.20. The largest absolute Gasteiger partial charge is 0.494 e. The van der Waals surface area contributed by atoms with Crippen LogP contribution in [0, 0.1) is 0 Å². The topological polar surface area (TPSA) is 105 Å². The molecular weight excluding hydrogens is 454 g/mol. The molecule has 4 rings (SSSR count). The minimum absolute atomic E-state index is 0.00940. The first-order valence-corrected chi connectivity index (χ1v) is 12.4. The van der Waals surface area contributed by atoms with Crippen molar-refractivity contribution in [1.29, 1.82) is 0 Å². The molecule has 0 aliphatic carbocycles. The number of para-hydroxylation sites is 2. The maximum Gasteiger partial charge on any atom is 0.261 e. The van der Waals surface area contributed by atoms with Crippen LogP contribution in [0.1, 0.15) is 30.1 Å². The second kappa shape index (κ2) is 9.96. The fourth-order valence-corrected chi connectivity index (χ4v) is 4.82. The average Bonchev–Trinajstić information content (AvgIpc) is 3.26. The van der Waals surface area contributed by atoms with Gasteiger partial charge in [-0.05, 0) is 67.9 Å². The van der Waals surface area contributed by atoms with Crippen molar-refractivity contribution < 1.29 is 22.7 Å². The minimum Gasteiger partial charge on any atom is -0.494 e. The highest BCUT2D eigenvalue weighted by Crippen LogP contribution is 2.30. The van der Waals surface area contributed by atoms with E-state index in [0.717, 1.165) is 6.42 Å². The van der Waals surface area contributed by atoms with Crippen molar-refractivity contribution in [2.24, 2.45) is 0 Å². The van der Waals surface area contributed by atoms with Crippen LogP contribution < -0.4 is 19.7 Å². The number of hydrogen-bond acceptors (Lipinski definition) is 5. The van der Waals surface area contributed by atoms with Crippen molar-refractivity contribution in [2.75, 3.05) is 28.1 Å². The van der Waals surface area contributed by atoms with Gasteiger partial charge in [-0.15, -0.1) is 0 Å². The highest BCUT2D eigenvalue weighted by molar-refractivity contribution is 7.92. The van der Waals surface area contributed by atoms with E-state index in [1.165, 1.54) is 24.3 Å². The number of amides is 2. The molecule has 2 amide bonds. The molecule has 34 heavy (non-hydrogen) atoms. The zero-order valence-electron chi connectivity index (χ0n) is 18.7. The van der Waals surface area contributed by atoms with Gasteiger partial charge in [-0.25, -0.2) is 8.42 Å². The maximum absolute atomic E-state index is 13.0. The van der Waals surface area contributed by atoms with E-state index in [4.69, 9.17) is 4.74 Å². The van der Waals surface area contributed by atoms with Gasteiger partial charge in [0.2, 0.25) is 5.91 Å². The van der Waals surface area contributed by atoms with Crippen LogP contribution in [-0.2, 0) is 14.8 Å². The Kier molecular flexibility index (Phi) is 6.83. The van der Waals surface area contributed by atoms with Gasteiger partial charge in [-0.3, -0.25) is 14.3 Å². The Morgan fingerprint density at radius 3 is 2.50 bits per heavy atom. The number of nitrogens with zero attached hydrogens (tertiary/aromatic N) is 1. The summed E-state index contributed by atoms with van der Waals surface area (Å²) in [5.74, 6) is 0.174. The molecule has 8 nitrogen and oxygen atoms in total. The molecule has 1 heterocycles. The highest BCUT2D eigenvalue weighted by Gasteiger charge is 2.24. The number of benzene rings is 3. The summed E-state index contributed by atoms with van der Waals surface area (Å²) in [5, 5.41) is 2.81. The standard InChI is InChI=1S/C25H25N3O5S/c1-2-33-20-14-12-19(13-15-20)27-34(31,32)21-8-5-7-18(17-21)25(30)26-22-9-3-4-10-23(22)28-16-6-11-24(28)29/h3-5,7-10,12-15,17,27H,2,6,11,16H2,1H3,(H,26,30). The zero-order valence-corrected chi connectivity index (χ0v) is 19.5. The summed E-state index contributed by atoms with van der Waals surface area (Å²) in [4.78, 5) is 26.7. The summed E-state index contributed by atoms with van der Waals surface area (Å²) < 4.78 is 33.7. The molecule has 0 spiro atoms. The van der Waals surface area contributed by atoms with E-state index in [0.29, 0.717) is 42.4 Å². The Morgan fingerprint density at radius 1 is 1.03 bits per heavy atom. The molecule has 3 aromatic rings. The first kappa shape index (κ1) is 23.3. The SMILES string of the molecule is CCOc1ccc(NS(=O)(=O)c2cccc(C(=O)Nc3ccccc3N3CCCC3=O)c2)cc1. The lowest BCUT2D eigenvalue weighted by atomic mass is 10.2. The third-order valence-corrected chi connectivity index (χ3v) is 6.72. The molecule has 0 bridgehead atoms. The van der Waals surface area contributed by atoms with Gasteiger partial charge >= 0.3 is 0 Å². The Labute approximate surface area is 198 Å². The van der Waals surface area contributed by atoms with Gasteiger partial charge in [0, 0.05) is 24.2 Å². The Balaban J connectivity index is 1.52. The summed E-state index contributed by atoms with van der Waals surface area (Å²) in [5.41, 5.74) is 1.67. The minimum atomic E-state index is -3.92. The van der Waals surface area contributed by atoms with Crippen LogP contribution in [0.2, 0.25) is 0 Å². The van der Waals surface area contributed by atoms with E-state index in [1.807, 2.05) is 6.92 Å². The molecule has 1 saturated heterocycles. The van der Waals surface area contributed by atoms with Crippen molar-refractivity contribution in [3.63, 3.8) is 0 Å². The smallest absolute Gasteiger partial charge is 0.261 e.